The fourth-order valence-electron chi connectivity index (χ4n) is 4.27. The minimum Gasteiger partial charge on any atom is -0.356 e. The van der Waals surface area contributed by atoms with Crippen LogP contribution in [0.1, 0.15) is 43.4 Å². The number of halogens is 2. The van der Waals surface area contributed by atoms with Crippen molar-refractivity contribution in [1.82, 2.24) is 14.9 Å². The van der Waals surface area contributed by atoms with E-state index in [1.54, 1.807) is 11.2 Å². The molecule has 5 nitrogen and oxygen atoms in total. The molecule has 3 heterocycles. The van der Waals surface area contributed by atoms with Crippen molar-refractivity contribution in [3.8, 4) is 0 Å². The number of rotatable bonds is 2. The summed E-state index contributed by atoms with van der Waals surface area (Å²) in [6, 6.07) is 0. The Morgan fingerprint density at radius 1 is 1.08 bits per heavy atom. The Balaban J connectivity index is 1.36. The van der Waals surface area contributed by atoms with Gasteiger partial charge in [0.2, 0.25) is 5.91 Å². The first-order valence-corrected chi connectivity index (χ1v) is 9.28. The van der Waals surface area contributed by atoms with Crippen LogP contribution in [-0.2, 0) is 17.6 Å². The third-order valence-corrected chi connectivity index (χ3v) is 5.80. The Labute approximate surface area is 146 Å². The number of alkyl halides is 2. The van der Waals surface area contributed by atoms with Crippen molar-refractivity contribution >= 4 is 11.7 Å². The van der Waals surface area contributed by atoms with E-state index in [1.165, 1.54) is 5.56 Å². The van der Waals surface area contributed by atoms with Gasteiger partial charge in [-0.25, -0.2) is 18.7 Å². The van der Waals surface area contributed by atoms with Gasteiger partial charge >= 0.3 is 0 Å². The Hall–Kier alpha value is -1.79. The monoisotopic (exact) mass is 350 g/mol. The minimum atomic E-state index is -2.60. The smallest absolute Gasteiger partial charge is 0.251 e. The van der Waals surface area contributed by atoms with Gasteiger partial charge in [0.1, 0.15) is 12.1 Å². The van der Waals surface area contributed by atoms with Crippen molar-refractivity contribution in [2.24, 2.45) is 5.92 Å². The fraction of sp³-hybridized carbons (Fsp3) is 0.722. The van der Waals surface area contributed by atoms with E-state index in [2.05, 4.69) is 14.9 Å². The van der Waals surface area contributed by atoms with Crippen molar-refractivity contribution < 1.29 is 13.6 Å². The summed E-state index contributed by atoms with van der Waals surface area (Å²) < 4.78 is 26.5. The van der Waals surface area contributed by atoms with Gasteiger partial charge in [-0.2, -0.15) is 0 Å². The summed E-state index contributed by atoms with van der Waals surface area (Å²) >= 11 is 0. The number of amides is 1. The molecular formula is C18H24F2N4O. The molecule has 25 heavy (non-hydrogen) atoms. The molecule has 4 rings (SSSR count). The number of likely N-dealkylation sites (tertiary alicyclic amines) is 1. The van der Waals surface area contributed by atoms with E-state index in [1.807, 2.05) is 0 Å². The first kappa shape index (κ1) is 16.7. The molecule has 0 N–H and O–H groups in total. The molecule has 7 heteroatoms. The van der Waals surface area contributed by atoms with Gasteiger partial charge in [-0.05, 0) is 32.1 Å². The summed E-state index contributed by atoms with van der Waals surface area (Å²) in [7, 11) is 0. The van der Waals surface area contributed by atoms with Crippen LogP contribution in [0.2, 0.25) is 0 Å². The number of piperidine rings is 2. The van der Waals surface area contributed by atoms with Crippen LogP contribution in [0.4, 0.5) is 14.6 Å². The summed E-state index contributed by atoms with van der Waals surface area (Å²) in [5.74, 6) is -1.56. The minimum absolute atomic E-state index is 0.0436. The quantitative estimate of drug-likeness (QED) is 0.822. The highest BCUT2D eigenvalue weighted by atomic mass is 19.3. The molecule has 2 fully saturated rings. The topological polar surface area (TPSA) is 49.3 Å². The summed E-state index contributed by atoms with van der Waals surface area (Å²) in [6.45, 7) is 1.96. The molecule has 2 saturated heterocycles. The third kappa shape index (κ3) is 3.33. The van der Waals surface area contributed by atoms with Crippen LogP contribution in [0.3, 0.4) is 0 Å². The molecule has 2 aliphatic heterocycles. The van der Waals surface area contributed by atoms with Gasteiger partial charge in [-0.1, -0.05) is 0 Å². The molecule has 0 radical (unpaired) electrons. The van der Waals surface area contributed by atoms with Crippen molar-refractivity contribution in [2.45, 2.75) is 50.9 Å². The molecule has 0 bridgehead atoms. The first-order chi connectivity index (χ1) is 12.0. The highest BCUT2D eigenvalue weighted by Crippen LogP contribution is 2.32. The number of carbonyl (C=O) groups is 1. The number of anilines is 1. The summed E-state index contributed by atoms with van der Waals surface area (Å²) in [5.41, 5.74) is 2.43. The Morgan fingerprint density at radius 2 is 1.80 bits per heavy atom. The standard InChI is InChI=1S/C18H24F2N4O/c19-18(20)6-10-24(11-7-18)17(25)13-4-8-23(9-5-13)16-14-2-1-3-15(14)21-12-22-16/h12-13H,1-11H2. The number of hydrogen-bond donors (Lipinski definition) is 0. The number of aromatic nitrogens is 2. The molecule has 0 aromatic carbocycles. The van der Waals surface area contributed by atoms with Crippen LogP contribution in [0.25, 0.3) is 0 Å². The average Bonchev–Trinajstić information content (AvgIpc) is 3.10. The summed E-state index contributed by atoms with van der Waals surface area (Å²) in [6.07, 6.45) is 5.97. The second-order valence-corrected chi connectivity index (χ2v) is 7.42. The zero-order valence-electron chi connectivity index (χ0n) is 14.4. The van der Waals surface area contributed by atoms with E-state index in [0.717, 1.165) is 56.7 Å². The van der Waals surface area contributed by atoms with E-state index in [4.69, 9.17) is 0 Å². The largest absolute Gasteiger partial charge is 0.356 e. The first-order valence-electron chi connectivity index (χ1n) is 9.28. The highest BCUT2D eigenvalue weighted by Gasteiger charge is 2.38. The number of fused-ring (bicyclic) bond motifs is 1. The van der Waals surface area contributed by atoms with Crippen molar-refractivity contribution in [1.29, 1.82) is 0 Å². The lowest BCUT2D eigenvalue weighted by molar-refractivity contribution is -0.142. The van der Waals surface area contributed by atoms with Gasteiger partial charge in [0.15, 0.2) is 0 Å². The fourth-order valence-corrected chi connectivity index (χ4v) is 4.27. The summed E-state index contributed by atoms with van der Waals surface area (Å²) in [4.78, 5) is 25.4. The van der Waals surface area contributed by atoms with Gasteiger partial charge in [0.05, 0.1) is 0 Å². The maximum Gasteiger partial charge on any atom is 0.251 e. The van der Waals surface area contributed by atoms with Gasteiger partial charge in [-0.3, -0.25) is 4.79 Å². The predicted molar refractivity (Wildman–Crippen MR) is 89.8 cm³/mol. The van der Waals surface area contributed by atoms with Crippen LogP contribution in [0.15, 0.2) is 6.33 Å². The molecule has 0 unspecified atom stereocenters. The molecule has 1 aliphatic carbocycles. The SMILES string of the molecule is O=C(C1CCN(c2ncnc3c2CCC3)CC1)N1CCC(F)(F)CC1. The Bertz CT molecular complexity index is 648. The van der Waals surface area contributed by atoms with Gasteiger partial charge < -0.3 is 9.80 Å². The van der Waals surface area contributed by atoms with E-state index in [-0.39, 0.29) is 37.8 Å². The second kappa shape index (κ2) is 6.50. The van der Waals surface area contributed by atoms with Gasteiger partial charge in [0, 0.05) is 56.2 Å². The van der Waals surface area contributed by atoms with Crippen LogP contribution in [0.5, 0.6) is 0 Å². The van der Waals surface area contributed by atoms with Crippen LogP contribution < -0.4 is 4.90 Å². The lowest BCUT2D eigenvalue weighted by Gasteiger charge is -2.37. The molecule has 1 amide bonds. The molecule has 3 aliphatic rings. The van der Waals surface area contributed by atoms with E-state index in [0.29, 0.717) is 0 Å². The molecule has 1 aromatic heterocycles. The molecule has 0 saturated carbocycles. The maximum absolute atomic E-state index is 13.3. The van der Waals surface area contributed by atoms with Crippen molar-refractivity contribution in [2.75, 3.05) is 31.1 Å². The highest BCUT2D eigenvalue weighted by molar-refractivity contribution is 5.79. The maximum atomic E-state index is 13.3. The van der Waals surface area contributed by atoms with Gasteiger partial charge in [0.25, 0.3) is 5.92 Å². The van der Waals surface area contributed by atoms with E-state index < -0.39 is 5.92 Å². The number of nitrogens with zero attached hydrogens (tertiary/aromatic N) is 4. The number of hydrogen-bond acceptors (Lipinski definition) is 4. The van der Waals surface area contributed by atoms with E-state index in [9.17, 15) is 13.6 Å². The molecular weight excluding hydrogens is 326 g/mol. The predicted octanol–water partition coefficient (Wildman–Crippen LogP) is 2.44. The van der Waals surface area contributed by atoms with E-state index >= 15 is 0 Å². The Morgan fingerprint density at radius 3 is 2.52 bits per heavy atom. The lowest BCUT2D eigenvalue weighted by Crippen LogP contribution is -2.47. The van der Waals surface area contributed by atoms with Crippen molar-refractivity contribution in [3.63, 3.8) is 0 Å². The molecule has 1 aromatic rings. The normalized spacial score (nSPS) is 23.6. The molecule has 136 valence electrons. The summed E-state index contributed by atoms with van der Waals surface area (Å²) in [5, 5.41) is 0. The van der Waals surface area contributed by atoms with Gasteiger partial charge in [-0.15, -0.1) is 0 Å². The van der Waals surface area contributed by atoms with Crippen molar-refractivity contribution in [3.05, 3.63) is 17.6 Å². The lowest BCUT2D eigenvalue weighted by atomic mass is 9.93. The zero-order valence-corrected chi connectivity index (χ0v) is 14.4. The van der Waals surface area contributed by atoms with Crippen LogP contribution >= 0.6 is 0 Å². The third-order valence-electron chi connectivity index (χ3n) is 5.80. The second-order valence-electron chi connectivity index (χ2n) is 7.42. The zero-order chi connectivity index (χ0) is 17.4. The average molecular weight is 350 g/mol. The Kier molecular flexibility index (Phi) is 4.33. The number of aryl methyl sites for hydroxylation is 1. The van der Waals surface area contributed by atoms with Crippen LogP contribution in [0, 0.1) is 5.92 Å². The molecule has 0 spiro atoms. The van der Waals surface area contributed by atoms with Crippen LogP contribution in [-0.4, -0.2) is 52.9 Å². The number of carbonyl (C=O) groups excluding carboxylic acids is 1. The molecule has 0 atom stereocenters.